The van der Waals surface area contributed by atoms with Crippen LogP contribution in [0, 0.1) is 0 Å². The lowest BCUT2D eigenvalue weighted by molar-refractivity contribution is 0.157. The molecule has 0 aromatic rings. The SMILES string of the molecule is CCN1CCCCC1CNC(=NC)NC(C)COC.I. The second kappa shape index (κ2) is 11.6. The first-order valence-electron chi connectivity index (χ1n) is 7.41. The molecule has 1 heterocycles. The molecule has 120 valence electrons. The van der Waals surface area contributed by atoms with E-state index in [9.17, 15) is 0 Å². The molecule has 0 saturated carbocycles. The molecule has 2 unspecified atom stereocenters. The molecule has 0 radical (unpaired) electrons. The normalized spacial score (nSPS) is 22.0. The Morgan fingerprint density at radius 1 is 1.45 bits per heavy atom. The lowest BCUT2D eigenvalue weighted by atomic mass is 10.0. The Morgan fingerprint density at radius 3 is 2.80 bits per heavy atom. The van der Waals surface area contributed by atoms with E-state index in [0.29, 0.717) is 12.6 Å². The van der Waals surface area contributed by atoms with Crippen molar-refractivity contribution in [3.8, 4) is 0 Å². The molecule has 20 heavy (non-hydrogen) atoms. The molecular weight excluding hydrogens is 367 g/mol. The number of likely N-dealkylation sites (tertiary alicyclic amines) is 1. The van der Waals surface area contributed by atoms with Gasteiger partial charge in [0, 0.05) is 32.8 Å². The van der Waals surface area contributed by atoms with Crippen LogP contribution in [-0.2, 0) is 4.74 Å². The Bertz CT molecular complexity index is 276. The first-order valence-corrected chi connectivity index (χ1v) is 7.41. The number of ether oxygens (including phenoxy) is 1. The highest BCUT2D eigenvalue weighted by Gasteiger charge is 2.20. The molecule has 0 aromatic heterocycles. The molecule has 2 atom stereocenters. The van der Waals surface area contributed by atoms with Crippen LogP contribution in [0.1, 0.15) is 33.1 Å². The number of nitrogens with zero attached hydrogens (tertiary/aromatic N) is 2. The quantitative estimate of drug-likeness (QED) is 0.406. The van der Waals surface area contributed by atoms with Crippen molar-refractivity contribution >= 4 is 29.9 Å². The fourth-order valence-electron chi connectivity index (χ4n) is 2.64. The predicted octanol–water partition coefficient (Wildman–Crippen LogP) is 1.68. The summed E-state index contributed by atoms with van der Waals surface area (Å²) in [4.78, 5) is 6.82. The van der Waals surface area contributed by atoms with Crippen molar-refractivity contribution in [3.63, 3.8) is 0 Å². The molecule has 0 amide bonds. The van der Waals surface area contributed by atoms with E-state index in [1.165, 1.54) is 25.8 Å². The number of nitrogens with one attached hydrogen (secondary N) is 2. The molecule has 1 saturated heterocycles. The van der Waals surface area contributed by atoms with Gasteiger partial charge in [-0.1, -0.05) is 13.3 Å². The minimum Gasteiger partial charge on any atom is -0.383 e. The zero-order valence-electron chi connectivity index (χ0n) is 13.3. The van der Waals surface area contributed by atoms with Crippen LogP contribution in [0.2, 0.25) is 0 Å². The lowest BCUT2D eigenvalue weighted by Crippen LogP contribution is -2.50. The first kappa shape index (κ1) is 19.9. The van der Waals surface area contributed by atoms with Gasteiger partial charge in [0.05, 0.1) is 6.61 Å². The van der Waals surface area contributed by atoms with E-state index in [0.717, 1.165) is 19.0 Å². The van der Waals surface area contributed by atoms with E-state index < -0.39 is 0 Å². The standard InChI is InChI=1S/C14H30N4O.HI/c1-5-18-9-7-6-8-13(18)10-16-14(15-3)17-12(2)11-19-4;/h12-13H,5-11H2,1-4H3,(H2,15,16,17);1H. The summed E-state index contributed by atoms with van der Waals surface area (Å²) < 4.78 is 5.12. The summed E-state index contributed by atoms with van der Waals surface area (Å²) in [6.45, 7) is 8.35. The monoisotopic (exact) mass is 398 g/mol. The van der Waals surface area contributed by atoms with Crippen molar-refractivity contribution in [2.75, 3.05) is 40.4 Å². The maximum Gasteiger partial charge on any atom is 0.191 e. The molecule has 0 bridgehead atoms. The van der Waals surface area contributed by atoms with E-state index in [1.807, 2.05) is 7.05 Å². The van der Waals surface area contributed by atoms with Crippen LogP contribution in [0.5, 0.6) is 0 Å². The number of piperidine rings is 1. The van der Waals surface area contributed by atoms with Crippen molar-refractivity contribution in [3.05, 3.63) is 0 Å². The van der Waals surface area contributed by atoms with Crippen LogP contribution < -0.4 is 10.6 Å². The Labute approximate surface area is 140 Å². The average molecular weight is 398 g/mol. The summed E-state index contributed by atoms with van der Waals surface area (Å²) in [6, 6.07) is 0.903. The highest BCUT2D eigenvalue weighted by molar-refractivity contribution is 14.0. The van der Waals surface area contributed by atoms with Crippen LogP contribution in [0.15, 0.2) is 4.99 Å². The third-order valence-electron chi connectivity index (χ3n) is 3.68. The highest BCUT2D eigenvalue weighted by atomic mass is 127. The summed E-state index contributed by atoms with van der Waals surface area (Å²) in [7, 11) is 3.53. The van der Waals surface area contributed by atoms with Gasteiger partial charge in [0.15, 0.2) is 5.96 Å². The third-order valence-corrected chi connectivity index (χ3v) is 3.68. The number of hydrogen-bond donors (Lipinski definition) is 2. The third kappa shape index (κ3) is 7.08. The van der Waals surface area contributed by atoms with Gasteiger partial charge in [0.1, 0.15) is 0 Å². The molecule has 0 aliphatic carbocycles. The van der Waals surface area contributed by atoms with E-state index in [-0.39, 0.29) is 30.0 Å². The summed E-state index contributed by atoms with van der Waals surface area (Å²) in [6.07, 6.45) is 3.96. The lowest BCUT2D eigenvalue weighted by Gasteiger charge is -2.35. The van der Waals surface area contributed by atoms with Gasteiger partial charge in [-0.05, 0) is 32.9 Å². The minimum absolute atomic E-state index is 0. The first-order chi connectivity index (χ1) is 9.21. The molecule has 1 aliphatic heterocycles. The fourth-order valence-corrected chi connectivity index (χ4v) is 2.64. The summed E-state index contributed by atoms with van der Waals surface area (Å²) >= 11 is 0. The molecule has 2 N–H and O–H groups in total. The molecule has 1 fully saturated rings. The molecule has 1 aliphatic rings. The molecule has 0 aromatic carbocycles. The van der Waals surface area contributed by atoms with E-state index in [4.69, 9.17) is 4.74 Å². The Hall–Kier alpha value is -0.0800. The maximum absolute atomic E-state index is 5.12. The van der Waals surface area contributed by atoms with Gasteiger partial charge < -0.3 is 15.4 Å². The van der Waals surface area contributed by atoms with Crippen LogP contribution in [-0.4, -0.2) is 63.3 Å². The Morgan fingerprint density at radius 2 is 2.20 bits per heavy atom. The van der Waals surface area contributed by atoms with Gasteiger partial charge in [-0.3, -0.25) is 9.89 Å². The van der Waals surface area contributed by atoms with Gasteiger partial charge in [0.25, 0.3) is 0 Å². The number of hydrogen-bond acceptors (Lipinski definition) is 3. The van der Waals surface area contributed by atoms with Crippen LogP contribution in [0.3, 0.4) is 0 Å². The summed E-state index contributed by atoms with van der Waals surface area (Å²) in [5, 5.41) is 6.77. The van der Waals surface area contributed by atoms with Crippen molar-refractivity contribution in [1.29, 1.82) is 0 Å². The number of likely N-dealkylation sites (N-methyl/N-ethyl adjacent to an activating group) is 1. The van der Waals surface area contributed by atoms with Crippen molar-refractivity contribution in [1.82, 2.24) is 15.5 Å². The van der Waals surface area contributed by atoms with Crippen molar-refractivity contribution in [2.24, 2.45) is 4.99 Å². The highest BCUT2D eigenvalue weighted by Crippen LogP contribution is 2.15. The molecule has 0 spiro atoms. The second-order valence-electron chi connectivity index (χ2n) is 5.23. The number of methoxy groups -OCH3 is 1. The van der Waals surface area contributed by atoms with Crippen molar-refractivity contribution in [2.45, 2.75) is 45.2 Å². The van der Waals surface area contributed by atoms with Gasteiger partial charge in [-0.15, -0.1) is 24.0 Å². The van der Waals surface area contributed by atoms with Gasteiger partial charge in [-0.25, -0.2) is 0 Å². The van der Waals surface area contributed by atoms with E-state index in [2.05, 4.69) is 34.4 Å². The Balaban J connectivity index is 0.00000361. The van der Waals surface area contributed by atoms with Crippen molar-refractivity contribution < 1.29 is 4.74 Å². The molecule has 1 rings (SSSR count). The number of halogens is 1. The summed E-state index contributed by atoms with van der Waals surface area (Å²) in [5.74, 6) is 0.867. The maximum atomic E-state index is 5.12. The topological polar surface area (TPSA) is 48.9 Å². The zero-order chi connectivity index (χ0) is 14.1. The van der Waals surface area contributed by atoms with Crippen LogP contribution in [0.4, 0.5) is 0 Å². The second-order valence-corrected chi connectivity index (χ2v) is 5.23. The number of guanidine groups is 1. The average Bonchev–Trinajstić information content (AvgIpc) is 2.44. The summed E-state index contributed by atoms with van der Waals surface area (Å²) in [5.41, 5.74) is 0. The molecular formula is C14H31IN4O. The minimum atomic E-state index is 0. The predicted molar refractivity (Wildman–Crippen MR) is 96.1 cm³/mol. The fraction of sp³-hybridized carbons (Fsp3) is 0.929. The smallest absolute Gasteiger partial charge is 0.191 e. The molecule has 6 heteroatoms. The van der Waals surface area contributed by atoms with Crippen LogP contribution >= 0.6 is 24.0 Å². The Kier molecular flexibility index (Phi) is 11.5. The number of rotatable bonds is 6. The van der Waals surface area contributed by atoms with Gasteiger partial charge in [-0.2, -0.15) is 0 Å². The van der Waals surface area contributed by atoms with E-state index >= 15 is 0 Å². The zero-order valence-corrected chi connectivity index (χ0v) is 15.6. The molecule has 5 nitrogen and oxygen atoms in total. The van der Waals surface area contributed by atoms with Gasteiger partial charge in [0.2, 0.25) is 0 Å². The van der Waals surface area contributed by atoms with Crippen LogP contribution in [0.25, 0.3) is 0 Å². The largest absolute Gasteiger partial charge is 0.383 e. The number of aliphatic imine (C=N–C) groups is 1. The van der Waals surface area contributed by atoms with Gasteiger partial charge >= 0.3 is 0 Å². The van der Waals surface area contributed by atoms with E-state index in [1.54, 1.807) is 7.11 Å².